The Balaban J connectivity index is 0.00000529. The molecule has 128 valence electrons. The molecule has 5 nitrogen and oxygen atoms in total. The van der Waals surface area contributed by atoms with E-state index in [1.165, 1.54) is 0 Å². The zero-order chi connectivity index (χ0) is 17.5. The van der Waals surface area contributed by atoms with Gasteiger partial charge in [0.15, 0.2) is 0 Å². The Hall–Kier alpha value is -2.30. The maximum atomic E-state index is 11.8. The molecule has 1 N–H and O–H groups in total. The monoisotopic (exact) mass is 321 g/mol. The summed E-state index contributed by atoms with van der Waals surface area (Å²) in [7, 11) is 0. The van der Waals surface area contributed by atoms with Crippen molar-refractivity contribution in [2.75, 3.05) is 11.9 Å². The van der Waals surface area contributed by atoms with Crippen molar-refractivity contribution in [3.63, 3.8) is 0 Å². The predicted molar refractivity (Wildman–Crippen MR) is 92.5 cm³/mol. The highest BCUT2D eigenvalue weighted by atomic mass is 16.6. The number of carbonyl (C=O) groups excluding carboxylic acids is 2. The number of amides is 1. The van der Waals surface area contributed by atoms with E-state index in [0.29, 0.717) is 24.3 Å². The summed E-state index contributed by atoms with van der Waals surface area (Å²) in [4.78, 5) is 23.0. The molecule has 0 aliphatic carbocycles. The van der Waals surface area contributed by atoms with E-state index in [2.05, 4.69) is 11.9 Å². The van der Waals surface area contributed by atoms with Crippen molar-refractivity contribution < 1.29 is 20.5 Å². The second-order valence-corrected chi connectivity index (χ2v) is 5.99. The van der Waals surface area contributed by atoms with Crippen molar-refractivity contribution in [3.05, 3.63) is 42.0 Å². The first-order valence-electron chi connectivity index (χ1n) is 7.65. The second kappa shape index (κ2) is 8.36. The van der Waals surface area contributed by atoms with E-state index in [-0.39, 0.29) is 7.40 Å². The Morgan fingerprint density at radius 1 is 1.26 bits per heavy atom. The van der Waals surface area contributed by atoms with Gasteiger partial charge in [0.25, 0.3) is 0 Å². The van der Waals surface area contributed by atoms with E-state index >= 15 is 0 Å². The molecule has 1 rings (SSSR count). The Morgan fingerprint density at radius 2 is 1.87 bits per heavy atom. The van der Waals surface area contributed by atoms with Crippen LogP contribution in [0, 0.1) is 0 Å². The molecular weight excluding hydrogens is 294 g/mol. The van der Waals surface area contributed by atoms with Gasteiger partial charge in [-0.15, -0.1) is 0 Å². The summed E-state index contributed by atoms with van der Waals surface area (Å²) < 4.78 is 10.4. The standard InChI is InChI=1S/C18H25NO4.H2/c1-6-18(4,5)23-17(21)19-15-9-7-14(8-10-15)11-12-22-16(20)13(2)3;/h7-10H,2,6,11-12H2,1,3-5H3,(H,19,21);1H. The molecule has 0 saturated heterocycles. The molecule has 0 unspecified atom stereocenters. The molecule has 0 aliphatic heterocycles. The third-order valence-corrected chi connectivity index (χ3v) is 3.39. The molecule has 23 heavy (non-hydrogen) atoms. The first-order chi connectivity index (χ1) is 10.7. The number of hydrogen-bond acceptors (Lipinski definition) is 4. The van der Waals surface area contributed by atoms with Gasteiger partial charge in [-0.3, -0.25) is 5.32 Å². The van der Waals surface area contributed by atoms with Crippen LogP contribution in [0.2, 0.25) is 0 Å². The molecule has 0 atom stereocenters. The number of anilines is 1. The molecule has 0 spiro atoms. The van der Waals surface area contributed by atoms with Gasteiger partial charge in [0.05, 0.1) is 6.61 Å². The number of nitrogens with one attached hydrogen (secondary N) is 1. The third kappa shape index (κ3) is 7.00. The lowest BCUT2D eigenvalue weighted by Gasteiger charge is -2.23. The second-order valence-electron chi connectivity index (χ2n) is 5.99. The highest BCUT2D eigenvalue weighted by Gasteiger charge is 2.20. The molecule has 1 aromatic rings. The molecular formula is C18H27NO4. The molecule has 0 heterocycles. The summed E-state index contributed by atoms with van der Waals surface area (Å²) in [5, 5.41) is 2.69. The molecule has 1 aromatic carbocycles. The van der Waals surface area contributed by atoms with Gasteiger partial charge in [-0.05, 0) is 44.9 Å². The Kier molecular flexibility index (Phi) is 6.82. The number of esters is 1. The average Bonchev–Trinajstić information content (AvgIpc) is 2.48. The molecule has 5 heteroatoms. The van der Waals surface area contributed by atoms with Crippen LogP contribution in [0.25, 0.3) is 0 Å². The Bertz CT molecular complexity index is 567. The molecule has 0 aromatic heterocycles. The summed E-state index contributed by atoms with van der Waals surface area (Å²) in [6.45, 7) is 11.1. The van der Waals surface area contributed by atoms with Crippen LogP contribution in [0.3, 0.4) is 0 Å². The van der Waals surface area contributed by atoms with Gasteiger partial charge < -0.3 is 9.47 Å². The molecule has 0 bridgehead atoms. The fraction of sp³-hybridized carbons (Fsp3) is 0.444. The number of benzene rings is 1. The summed E-state index contributed by atoms with van der Waals surface area (Å²) in [6, 6.07) is 7.32. The van der Waals surface area contributed by atoms with Gasteiger partial charge in [-0.2, -0.15) is 0 Å². The largest absolute Gasteiger partial charge is 0.462 e. The van der Waals surface area contributed by atoms with Crippen molar-refractivity contribution in [2.24, 2.45) is 0 Å². The first kappa shape index (κ1) is 18.7. The van der Waals surface area contributed by atoms with E-state index in [9.17, 15) is 9.59 Å². The maximum Gasteiger partial charge on any atom is 0.412 e. The van der Waals surface area contributed by atoms with Gasteiger partial charge >= 0.3 is 12.1 Å². The van der Waals surface area contributed by atoms with Crippen molar-refractivity contribution in [2.45, 2.75) is 46.1 Å². The quantitative estimate of drug-likeness (QED) is 0.599. The highest BCUT2D eigenvalue weighted by molar-refractivity contribution is 5.87. The zero-order valence-corrected chi connectivity index (χ0v) is 14.3. The number of hydrogen-bond donors (Lipinski definition) is 1. The molecule has 0 radical (unpaired) electrons. The van der Waals surface area contributed by atoms with Gasteiger partial charge in [0.1, 0.15) is 5.60 Å². The lowest BCUT2D eigenvalue weighted by atomic mass is 10.1. The zero-order valence-electron chi connectivity index (χ0n) is 14.3. The number of rotatable bonds is 7. The fourth-order valence-corrected chi connectivity index (χ4v) is 1.61. The van der Waals surface area contributed by atoms with Gasteiger partial charge in [-0.25, -0.2) is 9.59 Å². The minimum atomic E-state index is -0.489. The van der Waals surface area contributed by atoms with Crippen LogP contribution >= 0.6 is 0 Å². The van der Waals surface area contributed by atoms with E-state index in [0.717, 1.165) is 12.0 Å². The Morgan fingerprint density at radius 3 is 2.39 bits per heavy atom. The van der Waals surface area contributed by atoms with Gasteiger partial charge in [-0.1, -0.05) is 25.6 Å². The highest BCUT2D eigenvalue weighted by Crippen LogP contribution is 2.16. The smallest absolute Gasteiger partial charge is 0.412 e. The summed E-state index contributed by atoms with van der Waals surface area (Å²) in [5.41, 5.74) is 1.56. The lowest BCUT2D eigenvalue weighted by molar-refractivity contribution is -0.138. The predicted octanol–water partition coefficient (Wildman–Crippen LogP) is 4.33. The topological polar surface area (TPSA) is 64.6 Å². The van der Waals surface area contributed by atoms with Crippen molar-refractivity contribution in [1.82, 2.24) is 0 Å². The van der Waals surface area contributed by atoms with Crippen LogP contribution in [-0.2, 0) is 20.7 Å². The number of carbonyl (C=O) groups is 2. The van der Waals surface area contributed by atoms with Crippen LogP contribution in [0.1, 0.15) is 41.1 Å². The Labute approximate surface area is 139 Å². The van der Waals surface area contributed by atoms with Crippen molar-refractivity contribution >= 4 is 17.7 Å². The van der Waals surface area contributed by atoms with E-state index in [1.807, 2.05) is 32.9 Å². The van der Waals surface area contributed by atoms with Crippen molar-refractivity contribution in [3.8, 4) is 0 Å². The maximum absolute atomic E-state index is 11.8. The number of ether oxygens (including phenoxy) is 2. The molecule has 0 aliphatic rings. The first-order valence-corrected chi connectivity index (χ1v) is 7.65. The average molecular weight is 321 g/mol. The summed E-state index contributed by atoms with van der Waals surface area (Å²) in [6.07, 6.45) is 0.870. The van der Waals surface area contributed by atoms with Crippen LogP contribution in [0.5, 0.6) is 0 Å². The minimum absolute atomic E-state index is 0. The van der Waals surface area contributed by atoms with Crippen LogP contribution in [0.15, 0.2) is 36.4 Å². The fourth-order valence-electron chi connectivity index (χ4n) is 1.61. The van der Waals surface area contributed by atoms with Crippen LogP contribution in [0.4, 0.5) is 10.5 Å². The van der Waals surface area contributed by atoms with E-state index in [4.69, 9.17) is 9.47 Å². The van der Waals surface area contributed by atoms with Crippen LogP contribution in [-0.4, -0.2) is 24.3 Å². The van der Waals surface area contributed by atoms with E-state index < -0.39 is 11.7 Å². The van der Waals surface area contributed by atoms with Crippen LogP contribution < -0.4 is 5.32 Å². The SMILES string of the molecule is C=C(C)C(=O)OCCc1ccc(NC(=O)OC(C)(C)CC)cc1.[HH]. The van der Waals surface area contributed by atoms with Gasteiger partial charge in [0, 0.05) is 19.1 Å². The minimum Gasteiger partial charge on any atom is -0.462 e. The summed E-state index contributed by atoms with van der Waals surface area (Å²) >= 11 is 0. The lowest BCUT2D eigenvalue weighted by Crippen LogP contribution is -2.29. The van der Waals surface area contributed by atoms with E-state index in [1.54, 1.807) is 19.1 Å². The molecule has 0 saturated carbocycles. The van der Waals surface area contributed by atoms with Crippen molar-refractivity contribution in [1.29, 1.82) is 0 Å². The van der Waals surface area contributed by atoms with Gasteiger partial charge in [0.2, 0.25) is 0 Å². The third-order valence-electron chi connectivity index (χ3n) is 3.39. The molecule has 0 fully saturated rings. The normalized spacial score (nSPS) is 10.8. The summed E-state index contributed by atoms with van der Waals surface area (Å²) in [5.74, 6) is -0.385. The molecule has 1 amide bonds.